The molecule has 0 saturated carbocycles. The molecule has 0 unspecified atom stereocenters. The summed E-state index contributed by atoms with van der Waals surface area (Å²) in [6, 6.07) is 6.66. The Balaban J connectivity index is 3.27. The molecule has 0 spiro atoms. The van der Waals surface area contributed by atoms with Crippen LogP contribution in [0, 0.1) is 0 Å². The van der Waals surface area contributed by atoms with Gasteiger partial charge in [-0.25, -0.2) is 8.42 Å². The van der Waals surface area contributed by atoms with E-state index in [1.807, 2.05) is 26.8 Å². The molecule has 1 amide bonds. The highest BCUT2D eigenvalue weighted by Gasteiger charge is 2.46. The molecule has 0 aliphatic rings. The minimum Gasteiger partial charge on any atom is -0.368 e. The van der Waals surface area contributed by atoms with Crippen molar-refractivity contribution in [1.82, 2.24) is 0 Å². The van der Waals surface area contributed by atoms with Crippen LogP contribution < -0.4 is 11.5 Å². The predicted octanol–water partition coefficient (Wildman–Crippen LogP) is 2.00. The largest absolute Gasteiger partial charge is 0.368 e. The standard InChI is InChI=1S/C19H30N2O4S/c1-4-8-16(9-5-2)26(24,25)13-19(21,18(20)23)17(22)15-11-7-10-14(6-3)12-15/h7,10-12,16H,4-6,8-9,13,21H2,1-3H3,(H2,20,23)/t19-/m1/s1. The van der Waals surface area contributed by atoms with E-state index in [9.17, 15) is 18.0 Å². The number of carbonyl (C=O) groups excluding carboxylic acids is 2. The van der Waals surface area contributed by atoms with Crippen molar-refractivity contribution in [3.63, 3.8) is 0 Å². The van der Waals surface area contributed by atoms with Gasteiger partial charge in [-0.2, -0.15) is 0 Å². The van der Waals surface area contributed by atoms with E-state index in [0.29, 0.717) is 32.1 Å². The Hall–Kier alpha value is -1.73. The van der Waals surface area contributed by atoms with Gasteiger partial charge in [0.25, 0.3) is 0 Å². The Labute approximate surface area is 156 Å². The summed E-state index contributed by atoms with van der Waals surface area (Å²) < 4.78 is 25.7. The third-order valence-electron chi connectivity index (χ3n) is 4.60. The molecule has 0 fully saturated rings. The van der Waals surface area contributed by atoms with Gasteiger partial charge < -0.3 is 11.5 Å². The molecule has 0 bridgehead atoms. The molecule has 1 aromatic carbocycles. The molecule has 146 valence electrons. The van der Waals surface area contributed by atoms with Crippen molar-refractivity contribution in [3.8, 4) is 0 Å². The molecular weight excluding hydrogens is 352 g/mol. The molecule has 0 aliphatic heterocycles. The maximum Gasteiger partial charge on any atom is 0.246 e. The van der Waals surface area contributed by atoms with E-state index in [1.54, 1.807) is 12.1 Å². The van der Waals surface area contributed by atoms with Crippen molar-refractivity contribution in [3.05, 3.63) is 35.4 Å². The summed E-state index contributed by atoms with van der Waals surface area (Å²) in [6.45, 7) is 5.71. The molecule has 0 aliphatic carbocycles. The van der Waals surface area contributed by atoms with Crippen LogP contribution >= 0.6 is 0 Å². The van der Waals surface area contributed by atoms with Crippen molar-refractivity contribution < 1.29 is 18.0 Å². The first kappa shape index (κ1) is 22.3. The fraction of sp³-hybridized carbons (Fsp3) is 0.579. The van der Waals surface area contributed by atoms with Crippen molar-refractivity contribution in [2.45, 2.75) is 63.7 Å². The number of carbonyl (C=O) groups is 2. The van der Waals surface area contributed by atoms with E-state index < -0.39 is 38.1 Å². The van der Waals surface area contributed by atoms with Crippen LogP contribution in [-0.4, -0.2) is 36.6 Å². The van der Waals surface area contributed by atoms with E-state index in [1.165, 1.54) is 6.07 Å². The first-order valence-electron chi connectivity index (χ1n) is 9.06. The van der Waals surface area contributed by atoms with E-state index in [4.69, 9.17) is 11.5 Å². The summed E-state index contributed by atoms with van der Waals surface area (Å²) in [5.74, 6) is -2.65. The lowest BCUT2D eigenvalue weighted by Crippen LogP contribution is -2.63. The quantitative estimate of drug-likeness (QED) is 0.448. The lowest BCUT2D eigenvalue weighted by atomic mass is 9.90. The van der Waals surface area contributed by atoms with Crippen LogP contribution in [0.1, 0.15) is 62.4 Å². The maximum absolute atomic E-state index is 12.9. The molecule has 0 heterocycles. The van der Waals surface area contributed by atoms with E-state index in [-0.39, 0.29) is 5.56 Å². The van der Waals surface area contributed by atoms with E-state index in [0.717, 1.165) is 5.56 Å². The summed E-state index contributed by atoms with van der Waals surface area (Å²) in [7, 11) is -3.76. The molecule has 26 heavy (non-hydrogen) atoms. The minimum absolute atomic E-state index is 0.198. The second kappa shape index (κ2) is 9.28. The number of sulfone groups is 1. The third-order valence-corrected chi connectivity index (χ3v) is 6.95. The molecule has 0 aromatic heterocycles. The molecule has 0 radical (unpaired) electrons. The van der Waals surface area contributed by atoms with E-state index >= 15 is 0 Å². The topological polar surface area (TPSA) is 120 Å². The summed E-state index contributed by atoms with van der Waals surface area (Å²) in [6.07, 6.45) is 2.99. The fourth-order valence-corrected chi connectivity index (χ4v) is 5.35. The van der Waals surface area contributed by atoms with Crippen LogP contribution in [0.15, 0.2) is 24.3 Å². The Morgan fingerprint density at radius 3 is 2.15 bits per heavy atom. The van der Waals surface area contributed by atoms with Gasteiger partial charge in [0, 0.05) is 5.56 Å². The Kier molecular flexibility index (Phi) is 7.96. The Bertz CT molecular complexity index is 740. The molecule has 0 saturated heterocycles. The lowest BCUT2D eigenvalue weighted by Gasteiger charge is -2.27. The van der Waals surface area contributed by atoms with Gasteiger partial charge in [0.2, 0.25) is 5.91 Å². The first-order chi connectivity index (χ1) is 12.1. The number of benzene rings is 1. The second-order valence-corrected chi connectivity index (χ2v) is 9.01. The molecule has 1 atom stereocenters. The second-order valence-electron chi connectivity index (χ2n) is 6.73. The highest BCUT2D eigenvalue weighted by atomic mass is 32.2. The van der Waals surface area contributed by atoms with Crippen molar-refractivity contribution >= 4 is 21.5 Å². The van der Waals surface area contributed by atoms with Crippen LogP contribution in [-0.2, 0) is 21.1 Å². The van der Waals surface area contributed by atoms with Gasteiger partial charge in [-0.1, -0.05) is 51.8 Å². The number of ketones is 1. The fourth-order valence-electron chi connectivity index (χ4n) is 3.02. The van der Waals surface area contributed by atoms with Gasteiger partial charge in [-0.3, -0.25) is 9.59 Å². The smallest absolute Gasteiger partial charge is 0.246 e. The zero-order chi connectivity index (χ0) is 20.0. The van der Waals surface area contributed by atoms with Crippen LogP contribution in [0.4, 0.5) is 0 Å². The van der Waals surface area contributed by atoms with Crippen LogP contribution in [0.25, 0.3) is 0 Å². The van der Waals surface area contributed by atoms with Gasteiger partial charge in [0.15, 0.2) is 21.2 Å². The van der Waals surface area contributed by atoms with Gasteiger partial charge >= 0.3 is 0 Å². The normalized spacial score (nSPS) is 14.2. The van der Waals surface area contributed by atoms with Crippen LogP contribution in [0.2, 0.25) is 0 Å². The summed E-state index contributed by atoms with van der Waals surface area (Å²) >= 11 is 0. The van der Waals surface area contributed by atoms with Crippen LogP contribution in [0.5, 0.6) is 0 Å². The van der Waals surface area contributed by atoms with Gasteiger partial charge in [-0.05, 0) is 30.9 Å². The zero-order valence-electron chi connectivity index (χ0n) is 15.8. The highest BCUT2D eigenvalue weighted by molar-refractivity contribution is 7.92. The van der Waals surface area contributed by atoms with Gasteiger partial charge in [0.1, 0.15) is 0 Å². The molecule has 1 aromatic rings. The summed E-state index contributed by atoms with van der Waals surface area (Å²) in [5, 5.41) is -0.630. The van der Waals surface area contributed by atoms with Crippen molar-refractivity contribution in [1.29, 1.82) is 0 Å². The molecule has 7 heteroatoms. The average Bonchev–Trinajstić information content (AvgIpc) is 2.60. The number of Topliss-reactive ketones (excluding diaryl/α,β-unsaturated/α-hetero) is 1. The third kappa shape index (κ3) is 5.14. The number of hydrogen-bond acceptors (Lipinski definition) is 5. The highest BCUT2D eigenvalue weighted by Crippen LogP contribution is 2.22. The minimum atomic E-state index is -3.76. The average molecular weight is 383 g/mol. The number of hydrogen-bond donors (Lipinski definition) is 2. The zero-order valence-corrected chi connectivity index (χ0v) is 16.6. The summed E-state index contributed by atoms with van der Waals surface area (Å²) in [5.41, 5.74) is 10.2. The molecular formula is C19H30N2O4S. The van der Waals surface area contributed by atoms with E-state index in [2.05, 4.69) is 0 Å². The number of rotatable bonds is 11. The lowest BCUT2D eigenvalue weighted by molar-refractivity contribution is -0.120. The van der Waals surface area contributed by atoms with Gasteiger partial charge in [-0.15, -0.1) is 0 Å². The van der Waals surface area contributed by atoms with Crippen LogP contribution in [0.3, 0.4) is 0 Å². The number of aryl methyl sites for hydroxylation is 1. The number of primary amides is 1. The summed E-state index contributed by atoms with van der Waals surface area (Å²) in [4.78, 5) is 24.9. The number of amides is 1. The van der Waals surface area contributed by atoms with Gasteiger partial charge in [0.05, 0.1) is 11.0 Å². The predicted molar refractivity (Wildman–Crippen MR) is 104 cm³/mol. The molecule has 6 nitrogen and oxygen atoms in total. The Morgan fingerprint density at radius 2 is 1.69 bits per heavy atom. The van der Waals surface area contributed by atoms with Crippen molar-refractivity contribution in [2.24, 2.45) is 11.5 Å². The SMILES string of the molecule is CCCC(CCC)S(=O)(=O)C[C@](N)(C(N)=O)C(=O)c1cccc(CC)c1. The maximum atomic E-state index is 12.9. The van der Waals surface area contributed by atoms with Crippen molar-refractivity contribution in [2.75, 3.05) is 5.75 Å². The molecule has 1 rings (SSSR count). The number of nitrogens with two attached hydrogens (primary N) is 2. The molecule has 4 N–H and O–H groups in total. The first-order valence-corrected chi connectivity index (χ1v) is 10.8. The Morgan fingerprint density at radius 1 is 1.12 bits per heavy atom. The monoisotopic (exact) mass is 382 g/mol.